The van der Waals surface area contributed by atoms with E-state index in [1.54, 1.807) is 21.3 Å². The summed E-state index contributed by atoms with van der Waals surface area (Å²) >= 11 is 0. The Morgan fingerprint density at radius 2 is 1.51 bits per heavy atom. The maximum absolute atomic E-state index is 7.12. The standard InChI is InChI=1S/C55H74N4O8S/c1-10-37-17-14-18-48(67-49-24-23-46(58(5)6)32(3)63-49)31(2)54-44-27-40-39-25-38(66-55-53(62-9)52(61-8)51(60-7)33(4)64-55)26-43(39)47(28-41(40)42(44)29-50(65-37)68-54)59-30-45(56-57-59)36-21-19-35(20-22-36)34-15-12-11-13-16-34/h11-13,15-16,19-22,27-28,30-33,37-43,46,48-49,51-53,55H,10,14,17-18,23-26,29H2,1-9H3/t31-,32?,33?,37+,38+,39+,40+,41-,42+,43-,46+,48+,49+,51+,52?,53?,55+/m1/s1. The van der Waals surface area contributed by atoms with Gasteiger partial charge in [-0.3, -0.25) is 0 Å². The van der Waals surface area contributed by atoms with E-state index in [0.29, 0.717) is 17.9 Å². The van der Waals surface area contributed by atoms with Gasteiger partial charge >= 0.3 is 0 Å². The Hall–Kier alpha value is -3.34. The molecule has 0 N–H and O–H groups in total. The second-order valence-corrected chi connectivity index (χ2v) is 21.8. The van der Waals surface area contributed by atoms with Crippen LogP contribution in [0, 0.1) is 35.5 Å². The quantitative estimate of drug-likeness (QED) is 0.162. The second kappa shape index (κ2) is 20.8. The van der Waals surface area contributed by atoms with Crippen molar-refractivity contribution >= 4 is 26.6 Å². The Kier molecular flexibility index (Phi) is 14.8. The molecule has 2 aromatic carbocycles. The van der Waals surface area contributed by atoms with Crippen LogP contribution in [0.15, 0.2) is 78.5 Å². The van der Waals surface area contributed by atoms with Crippen molar-refractivity contribution in [1.82, 2.24) is 19.9 Å². The van der Waals surface area contributed by atoms with Crippen LogP contribution in [0.2, 0.25) is 0 Å². The monoisotopic (exact) mass is 951 g/mol. The number of nitrogens with zero attached hydrogens (tertiary/aromatic N) is 4. The first kappa shape index (κ1) is 48.3. The third-order valence-corrected chi connectivity index (χ3v) is 18.0. The van der Waals surface area contributed by atoms with Crippen LogP contribution in [-0.2, 0) is 37.9 Å². The topological polar surface area (TPSA) is 108 Å². The number of hydrogen-bond donors (Lipinski definition) is 0. The van der Waals surface area contributed by atoms with Gasteiger partial charge in [0.1, 0.15) is 29.1 Å². The summed E-state index contributed by atoms with van der Waals surface area (Å²) in [6.07, 6.45) is 14.2. The molecule has 2 bridgehead atoms. The number of rotatable bonds is 12. The minimum Gasteiger partial charge on any atom is -0.376 e. The number of fused-ring (bicyclic) bond motifs is 6. The Bertz CT molecular complexity index is 2350. The predicted molar refractivity (Wildman–Crippen MR) is 268 cm³/mol. The first-order valence-electron chi connectivity index (χ1n) is 25.5. The van der Waals surface area contributed by atoms with Gasteiger partial charge in [0.25, 0.3) is 0 Å². The number of hydrogen-bond acceptors (Lipinski definition) is 11. The number of allylic oxidation sites excluding steroid dienone is 4. The highest BCUT2D eigenvalue weighted by molar-refractivity contribution is 7.98. The lowest BCUT2D eigenvalue weighted by Gasteiger charge is -2.44. The van der Waals surface area contributed by atoms with Crippen molar-refractivity contribution in [3.8, 4) is 22.4 Å². The van der Waals surface area contributed by atoms with Crippen molar-refractivity contribution in [1.29, 1.82) is 0 Å². The lowest BCUT2D eigenvalue weighted by molar-refractivity contribution is -0.314. The molecule has 68 heavy (non-hydrogen) atoms. The summed E-state index contributed by atoms with van der Waals surface area (Å²) in [6, 6.07) is 19.5. The van der Waals surface area contributed by atoms with Gasteiger partial charge in [-0.2, -0.15) is 0 Å². The summed E-state index contributed by atoms with van der Waals surface area (Å²) in [6.45, 7) is 8.89. The van der Waals surface area contributed by atoms with Crippen LogP contribution in [0.4, 0.5) is 0 Å². The van der Waals surface area contributed by atoms with Crippen LogP contribution >= 0.6 is 10.9 Å². The van der Waals surface area contributed by atoms with E-state index in [0.717, 1.165) is 74.1 Å². The van der Waals surface area contributed by atoms with Crippen LogP contribution in [0.1, 0.15) is 85.5 Å². The maximum Gasteiger partial charge on any atom is 0.187 e. The van der Waals surface area contributed by atoms with E-state index >= 15 is 0 Å². The van der Waals surface area contributed by atoms with Gasteiger partial charge in [-0.1, -0.05) is 85.8 Å². The zero-order valence-corrected chi connectivity index (χ0v) is 42.4. The van der Waals surface area contributed by atoms with E-state index in [9.17, 15) is 0 Å². The summed E-state index contributed by atoms with van der Waals surface area (Å²) < 4.78 is 54.3. The first-order valence-corrected chi connectivity index (χ1v) is 26.3. The summed E-state index contributed by atoms with van der Waals surface area (Å²) in [4.78, 5) is 3.70. The second-order valence-electron chi connectivity index (χ2n) is 20.7. The van der Waals surface area contributed by atoms with Crippen molar-refractivity contribution in [3.63, 3.8) is 0 Å². The molecule has 4 unspecified atom stereocenters. The molecule has 2 saturated heterocycles. The van der Waals surface area contributed by atoms with Crippen LogP contribution in [-0.4, -0.2) is 133 Å². The molecule has 4 aliphatic heterocycles. The smallest absolute Gasteiger partial charge is 0.187 e. The molecule has 12 nitrogen and oxygen atoms in total. The summed E-state index contributed by atoms with van der Waals surface area (Å²) in [5.41, 5.74) is 6.95. The van der Waals surface area contributed by atoms with E-state index in [4.69, 9.17) is 48.2 Å². The van der Waals surface area contributed by atoms with Gasteiger partial charge in [0.15, 0.2) is 12.6 Å². The highest BCUT2D eigenvalue weighted by Gasteiger charge is 2.54. The molecule has 3 fully saturated rings. The maximum atomic E-state index is 7.12. The van der Waals surface area contributed by atoms with E-state index < -0.39 is 12.4 Å². The van der Waals surface area contributed by atoms with E-state index in [1.807, 2.05) is 17.9 Å². The minimum atomic E-state index is -0.601. The molecule has 368 valence electrons. The van der Waals surface area contributed by atoms with E-state index in [1.165, 1.54) is 27.3 Å². The summed E-state index contributed by atoms with van der Waals surface area (Å²) in [7, 11) is 11.3. The fraction of sp³-hybridized carbons (Fsp3) is 0.636. The van der Waals surface area contributed by atoms with Crippen molar-refractivity contribution < 1.29 is 37.9 Å². The lowest BCUT2D eigenvalue weighted by Crippen LogP contribution is -2.59. The molecular formula is C55H74N4O8S. The zero-order valence-electron chi connectivity index (χ0n) is 41.6. The molecule has 0 spiro atoms. The Balaban J connectivity index is 0.978. The fourth-order valence-corrected chi connectivity index (χ4v) is 14.4. The first-order chi connectivity index (χ1) is 33.0. The molecule has 0 amide bonds. The average Bonchev–Trinajstić information content (AvgIpc) is 4.10. The van der Waals surface area contributed by atoms with Crippen LogP contribution in [0.25, 0.3) is 28.1 Å². The van der Waals surface area contributed by atoms with Gasteiger partial charge in [0.05, 0.1) is 36.7 Å². The van der Waals surface area contributed by atoms with Crippen molar-refractivity contribution in [3.05, 3.63) is 78.5 Å². The van der Waals surface area contributed by atoms with Gasteiger partial charge in [-0.25, -0.2) is 4.68 Å². The van der Waals surface area contributed by atoms with Crippen LogP contribution in [0.5, 0.6) is 0 Å². The molecule has 1 saturated carbocycles. The number of methoxy groups -OCH3 is 3. The average molecular weight is 951 g/mol. The van der Waals surface area contributed by atoms with Crippen LogP contribution < -0.4 is 0 Å². The molecule has 1 aromatic heterocycles. The molecule has 7 aliphatic rings. The Morgan fingerprint density at radius 3 is 2.24 bits per heavy atom. The zero-order chi connectivity index (χ0) is 47.2. The minimum absolute atomic E-state index is 0.0448. The molecule has 0 radical (unpaired) electrons. The number of ether oxygens (including phenoxy) is 8. The van der Waals surface area contributed by atoms with E-state index in [-0.39, 0.29) is 72.7 Å². The number of benzene rings is 2. The lowest BCUT2D eigenvalue weighted by atomic mass is 9.69. The Morgan fingerprint density at radius 1 is 0.765 bits per heavy atom. The normalized spacial score (nSPS) is 38.3. The predicted octanol–water partition coefficient (Wildman–Crippen LogP) is 9.35. The van der Waals surface area contributed by atoms with Crippen LogP contribution in [0.3, 0.4) is 0 Å². The largest absolute Gasteiger partial charge is 0.376 e. The molecule has 3 aromatic rings. The van der Waals surface area contributed by atoms with Gasteiger partial charge in [-0.15, -0.1) is 16.0 Å². The molecule has 5 heterocycles. The molecule has 13 heteroatoms. The third-order valence-electron chi connectivity index (χ3n) is 16.6. The molecule has 10 rings (SSSR count). The third kappa shape index (κ3) is 9.46. The van der Waals surface area contributed by atoms with Crippen molar-refractivity contribution in [2.75, 3.05) is 35.4 Å². The Labute approximate surface area is 407 Å². The molecule has 17 atom stereocenters. The van der Waals surface area contributed by atoms with Crippen molar-refractivity contribution in [2.45, 2.75) is 153 Å². The van der Waals surface area contributed by atoms with Gasteiger partial charge in [0, 0.05) is 61.8 Å². The highest BCUT2D eigenvalue weighted by Crippen LogP contribution is 2.58. The van der Waals surface area contributed by atoms with Gasteiger partial charge in [0.2, 0.25) is 0 Å². The number of aromatic nitrogens is 3. The molecule has 3 aliphatic carbocycles. The number of likely N-dealkylation sites (N-methyl/N-ethyl adjacent to an activating group) is 1. The fourth-order valence-electron chi connectivity index (χ4n) is 13.1. The van der Waals surface area contributed by atoms with Gasteiger partial charge < -0.3 is 42.8 Å². The molecular weight excluding hydrogens is 877 g/mol. The summed E-state index contributed by atoms with van der Waals surface area (Å²) in [5, 5.41) is 10.9. The SMILES string of the molecule is CC[C@H]1CCC[C@H](O[C@H]2CC[C@H](N(C)C)C(C)O2)[C@@H](C)C2=S=C(C[C@@H]3C2=C[C@@H]2[C@H]3C=C(n3cc(-c4ccc(-c5ccccc5)cc4)nn3)[C@@H]3C[C@@H](O[C@@H]4OC(C)[C@H](OC)C(OC)C4OC)C[C@@H]23)O1. The van der Waals surface area contributed by atoms with E-state index in [2.05, 4.69) is 117 Å². The summed E-state index contributed by atoms with van der Waals surface area (Å²) in [5.74, 6) is 1.53. The van der Waals surface area contributed by atoms with Gasteiger partial charge in [-0.05, 0) is 120 Å². The van der Waals surface area contributed by atoms with Crippen molar-refractivity contribution in [2.24, 2.45) is 35.5 Å². The highest BCUT2D eigenvalue weighted by atomic mass is 32.1.